The Morgan fingerprint density at radius 1 is 1.17 bits per heavy atom. The summed E-state index contributed by atoms with van der Waals surface area (Å²) in [7, 11) is 0. The van der Waals surface area contributed by atoms with Crippen LogP contribution in [-0.4, -0.2) is 26.3 Å². The molecule has 0 radical (unpaired) electrons. The number of halogens is 1. The molecule has 118 valence electrons. The minimum Gasteiger partial charge on any atom is -0.292 e. The average molecular weight is 408 g/mol. The number of thioether (sulfide) groups is 1. The third-order valence-corrected chi connectivity index (χ3v) is 5.86. The van der Waals surface area contributed by atoms with Gasteiger partial charge in [0.1, 0.15) is 5.82 Å². The van der Waals surface area contributed by atoms with E-state index in [0.717, 1.165) is 25.3 Å². The summed E-state index contributed by atoms with van der Waals surface area (Å²) in [5, 5.41) is 9.08. The normalized spacial score (nSPS) is 10.9. The van der Waals surface area contributed by atoms with Crippen LogP contribution < -0.4 is 0 Å². The van der Waals surface area contributed by atoms with Gasteiger partial charge in [-0.1, -0.05) is 29.5 Å². The summed E-state index contributed by atoms with van der Waals surface area (Å²) in [5.74, 6) is 1.25. The molecular formula is C16H14BrN3OS2. The summed E-state index contributed by atoms with van der Waals surface area (Å²) in [4.78, 5) is 13.0. The van der Waals surface area contributed by atoms with Gasteiger partial charge in [-0.2, -0.15) is 0 Å². The van der Waals surface area contributed by atoms with Crippen molar-refractivity contribution in [2.45, 2.75) is 19.0 Å². The molecule has 23 heavy (non-hydrogen) atoms. The number of aromatic nitrogens is 3. The van der Waals surface area contributed by atoms with Crippen molar-refractivity contribution >= 4 is 44.8 Å². The number of carbonyl (C=O) groups is 1. The highest BCUT2D eigenvalue weighted by atomic mass is 79.9. The smallest absolute Gasteiger partial charge is 0.196 e. The summed E-state index contributed by atoms with van der Waals surface area (Å²) in [5.41, 5.74) is 2.21. The molecule has 0 aliphatic carbocycles. The number of hydrogen-bond donors (Lipinski definition) is 0. The van der Waals surface area contributed by atoms with Crippen LogP contribution in [-0.2, 0) is 0 Å². The molecule has 0 saturated carbocycles. The fraction of sp³-hybridized carbons (Fsp3) is 0.188. The van der Waals surface area contributed by atoms with Gasteiger partial charge in [0.15, 0.2) is 10.9 Å². The first-order valence-electron chi connectivity index (χ1n) is 6.95. The minimum absolute atomic E-state index is 0.0989. The van der Waals surface area contributed by atoms with Crippen molar-refractivity contribution in [2.24, 2.45) is 0 Å². The lowest BCUT2D eigenvalue weighted by molar-refractivity contribution is 0.102. The van der Waals surface area contributed by atoms with Crippen molar-refractivity contribution in [3.05, 3.63) is 56.4 Å². The first-order chi connectivity index (χ1) is 11.0. The van der Waals surface area contributed by atoms with Crippen LogP contribution in [0.5, 0.6) is 0 Å². The standard InChI is InChI=1S/C16H14BrN3OS2/c1-10-3-5-12(6-4-10)20-11(2)18-19-16(20)22-9-13(21)14-7-8-15(17)23-14/h3-8H,9H2,1-2H3. The number of hydrogen-bond acceptors (Lipinski definition) is 5. The van der Waals surface area contributed by atoms with Gasteiger partial charge < -0.3 is 0 Å². The lowest BCUT2D eigenvalue weighted by atomic mass is 10.2. The van der Waals surface area contributed by atoms with Crippen LogP contribution in [0.2, 0.25) is 0 Å². The van der Waals surface area contributed by atoms with Crippen molar-refractivity contribution in [1.82, 2.24) is 14.8 Å². The number of Topliss-reactive ketones (excluding diaryl/α,β-unsaturated/α-hetero) is 1. The molecule has 0 aliphatic rings. The fourth-order valence-corrected chi connectivity index (χ4v) is 4.39. The van der Waals surface area contributed by atoms with Crippen molar-refractivity contribution < 1.29 is 4.79 Å². The quantitative estimate of drug-likeness (QED) is 0.454. The molecule has 0 atom stereocenters. The third-order valence-electron chi connectivity index (χ3n) is 3.27. The number of carbonyl (C=O) groups excluding carboxylic acids is 1. The van der Waals surface area contributed by atoms with Crippen LogP contribution >= 0.6 is 39.0 Å². The van der Waals surface area contributed by atoms with Crippen molar-refractivity contribution in [3.63, 3.8) is 0 Å². The van der Waals surface area contributed by atoms with Crippen molar-refractivity contribution in [2.75, 3.05) is 5.75 Å². The average Bonchev–Trinajstić information content (AvgIpc) is 3.12. The monoisotopic (exact) mass is 407 g/mol. The largest absolute Gasteiger partial charge is 0.292 e. The van der Waals surface area contributed by atoms with Crippen molar-refractivity contribution in [1.29, 1.82) is 0 Å². The van der Waals surface area contributed by atoms with Crippen LogP contribution in [0, 0.1) is 13.8 Å². The maximum Gasteiger partial charge on any atom is 0.196 e. The lowest BCUT2D eigenvalue weighted by Crippen LogP contribution is -2.03. The first-order valence-corrected chi connectivity index (χ1v) is 9.54. The topological polar surface area (TPSA) is 47.8 Å². The lowest BCUT2D eigenvalue weighted by Gasteiger charge is -2.08. The number of aryl methyl sites for hydroxylation is 2. The molecule has 2 heterocycles. The van der Waals surface area contributed by atoms with E-state index in [2.05, 4.69) is 45.2 Å². The summed E-state index contributed by atoms with van der Waals surface area (Å²) in [6, 6.07) is 11.9. The van der Waals surface area contributed by atoms with Gasteiger partial charge in [-0.25, -0.2) is 0 Å². The zero-order valence-corrected chi connectivity index (χ0v) is 15.8. The Labute approximate surface area is 151 Å². The molecule has 0 aliphatic heterocycles. The molecule has 3 rings (SSSR count). The Morgan fingerprint density at radius 2 is 1.91 bits per heavy atom. The number of benzene rings is 1. The van der Waals surface area contributed by atoms with E-state index in [1.165, 1.54) is 28.7 Å². The second-order valence-electron chi connectivity index (χ2n) is 5.02. The second-order valence-corrected chi connectivity index (χ2v) is 8.42. The summed E-state index contributed by atoms with van der Waals surface area (Å²) in [6.45, 7) is 3.96. The Bertz CT molecular complexity index is 839. The maximum atomic E-state index is 12.2. The molecule has 0 amide bonds. The van der Waals surface area contributed by atoms with Crippen molar-refractivity contribution in [3.8, 4) is 5.69 Å². The Balaban J connectivity index is 1.79. The molecule has 0 bridgehead atoms. The van der Waals surface area contributed by atoms with Crippen LogP contribution in [0.25, 0.3) is 5.69 Å². The van der Waals surface area contributed by atoms with Gasteiger partial charge in [-0.3, -0.25) is 9.36 Å². The van der Waals surface area contributed by atoms with E-state index in [-0.39, 0.29) is 5.78 Å². The molecule has 0 fully saturated rings. The van der Waals surface area contributed by atoms with E-state index in [0.29, 0.717) is 5.75 Å². The number of rotatable bonds is 5. The minimum atomic E-state index is 0.0989. The van der Waals surface area contributed by atoms with E-state index < -0.39 is 0 Å². The Hall–Kier alpha value is -1.44. The summed E-state index contributed by atoms with van der Waals surface area (Å²) >= 11 is 6.24. The highest BCUT2D eigenvalue weighted by Crippen LogP contribution is 2.26. The van der Waals surface area contributed by atoms with Crippen LogP contribution in [0.4, 0.5) is 0 Å². The summed E-state index contributed by atoms with van der Waals surface area (Å²) in [6.07, 6.45) is 0. The zero-order chi connectivity index (χ0) is 16.4. The van der Waals surface area contributed by atoms with Gasteiger partial charge in [0, 0.05) is 5.69 Å². The van der Waals surface area contributed by atoms with Gasteiger partial charge in [0.2, 0.25) is 0 Å². The molecule has 3 aromatic rings. The fourth-order valence-electron chi connectivity index (χ4n) is 2.09. The highest BCUT2D eigenvalue weighted by Gasteiger charge is 2.15. The molecule has 0 spiro atoms. The zero-order valence-electron chi connectivity index (χ0n) is 12.6. The maximum absolute atomic E-state index is 12.2. The SMILES string of the molecule is Cc1ccc(-n2c(C)nnc2SCC(=O)c2ccc(Br)s2)cc1. The van der Waals surface area contributed by atoms with E-state index in [1.807, 2.05) is 35.8 Å². The van der Waals surface area contributed by atoms with Gasteiger partial charge in [-0.05, 0) is 54.0 Å². The first kappa shape index (κ1) is 16.4. The Kier molecular flexibility index (Phi) is 4.99. The van der Waals surface area contributed by atoms with E-state index >= 15 is 0 Å². The van der Waals surface area contributed by atoms with E-state index in [4.69, 9.17) is 0 Å². The van der Waals surface area contributed by atoms with Crippen LogP contribution in [0.3, 0.4) is 0 Å². The van der Waals surface area contributed by atoms with Gasteiger partial charge in [0.25, 0.3) is 0 Å². The molecule has 7 heteroatoms. The number of nitrogens with zero attached hydrogens (tertiary/aromatic N) is 3. The molecule has 2 aromatic heterocycles. The molecule has 0 N–H and O–H groups in total. The van der Waals surface area contributed by atoms with Gasteiger partial charge >= 0.3 is 0 Å². The predicted octanol–water partition coefficient (Wildman–Crippen LogP) is 4.68. The highest BCUT2D eigenvalue weighted by molar-refractivity contribution is 9.11. The number of thiophene rings is 1. The molecule has 1 aromatic carbocycles. The summed E-state index contributed by atoms with van der Waals surface area (Å²) < 4.78 is 2.94. The molecular weight excluding hydrogens is 394 g/mol. The van der Waals surface area contributed by atoms with Crippen LogP contribution in [0.15, 0.2) is 45.3 Å². The molecule has 0 saturated heterocycles. The Morgan fingerprint density at radius 3 is 2.57 bits per heavy atom. The van der Waals surface area contributed by atoms with E-state index in [1.54, 1.807) is 0 Å². The third kappa shape index (κ3) is 3.73. The molecule has 0 unspecified atom stereocenters. The number of ketones is 1. The second kappa shape index (κ2) is 6.98. The van der Waals surface area contributed by atoms with Crippen LogP contribution in [0.1, 0.15) is 21.1 Å². The molecule has 4 nitrogen and oxygen atoms in total. The predicted molar refractivity (Wildman–Crippen MR) is 97.9 cm³/mol. The van der Waals surface area contributed by atoms with Gasteiger partial charge in [0.05, 0.1) is 14.4 Å². The van der Waals surface area contributed by atoms with Gasteiger partial charge in [-0.15, -0.1) is 21.5 Å². The van der Waals surface area contributed by atoms with E-state index in [9.17, 15) is 4.79 Å².